The predicted octanol–water partition coefficient (Wildman–Crippen LogP) is 2.11. The van der Waals surface area contributed by atoms with E-state index >= 15 is 0 Å². The molecule has 0 aromatic carbocycles. The molecule has 0 bridgehead atoms. The SMILES string of the molecule is Cc1cc(N)nc(SC(C)C(=O)N2CCC(C)CC2)n1. The highest BCUT2D eigenvalue weighted by atomic mass is 32.2. The third-order valence-electron chi connectivity index (χ3n) is 3.58. The molecule has 0 saturated carbocycles. The average Bonchev–Trinajstić information content (AvgIpc) is 2.37. The van der Waals surface area contributed by atoms with Crippen LogP contribution in [0.25, 0.3) is 0 Å². The molecular weight excluding hydrogens is 272 g/mol. The minimum absolute atomic E-state index is 0.172. The monoisotopic (exact) mass is 294 g/mol. The normalized spacial score (nSPS) is 18.1. The van der Waals surface area contributed by atoms with E-state index in [0.29, 0.717) is 11.0 Å². The summed E-state index contributed by atoms with van der Waals surface area (Å²) in [5.74, 6) is 1.35. The van der Waals surface area contributed by atoms with E-state index in [2.05, 4.69) is 16.9 Å². The fourth-order valence-corrected chi connectivity index (χ4v) is 3.23. The van der Waals surface area contributed by atoms with Gasteiger partial charge in [-0.05, 0) is 32.6 Å². The third-order valence-corrected chi connectivity index (χ3v) is 4.53. The van der Waals surface area contributed by atoms with Crippen LogP contribution in [0, 0.1) is 12.8 Å². The van der Waals surface area contributed by atoms with Crippen LogP contribution in [0.2, 0.25) is 0 Å². The van der Waals surface area contributed by atoms with E-state index in [0.717, 1.165) is 37.5 Å². The first-order chi connectivity index (χ1) is 9.45. The van der Waals surface area contributed by atoms with E-state index in [1.807, 2.05) is 18.7 Å². The van der Waals surface area contributed by atoms with Crippen molar-refractivity contribution in [2.75, 3.05) is 18.8 Å². The van der Waals surface area contributed by atoms with Gasteiger partial charge in [0.15, 0.2) is 5.16 Å². The number of aromatic nitrogens is 2. The Morgan fingerprint density at radius 3 is 2.70 bits per heavy atom. The lowest BCUT2D eigenvalue weighted by Gasteiger charge is -2.31. The van der Waals surface area contributed by atoms with Crippen molar-refractivity contribution in [3.63, 3.8) is 0 Å². The summed E-state index contributed by atoms with van der Waals surface area (Å²) in [4.78, 5) is 22.8. The number of nitrogen functional groups attached to an aromatic ring is 1. The molecule has 2 N–H and O–H groups in total. The van der Waals surface area contributed by atoms with E-state index in [1.54, 1.807) is 6.07 Å². The Morgan fingerprint density at radius 2 is 2.10 bits per heavy atom. The fourth-order valence-electron chi connectivity index (χ4n) is 2.31. The molecule has 1 fully saturated rings. The molecule has 6 heteroatoms. The first-order valence-corrected chi connectivity index (χ1v) is 7.90. The lowest BCUT2D eigenvalue weighted by atomic mass is 9.99. The first-order valence-electron chi connectivity index (χ1n) is 7.02. The van der Waals surface area contributed by atoms with Crippen molar-refractivity contribution in [2.45, 2.75) is 44.0 Å². The number of amides is 1. The highest BCUT2D eigenvalue weighted by molar-refractivity contribution is 8.00. The number of hydrogen-bond acceptors (Lipinski definition) is 5. The minimum Gasteiger partial charge on any atom is -0.384 e. The molecule has 1 aromatic rings. The number of nitrogens with zero attached hydrogens (tertiary/aromatic N) is 3. The highest BCUT2D eigenvalue weighted by Gasteiger charge is 2.25. The highest BCUT2D eigenvalue weighted by Crippen LogP contribution is 2.24. The van der Waals surface area contributed by atoms with Gasteiger partial charge >= 0.3 is 0 Å². The van der Waals surface area contributed by atoms with E-state index in [1.165, 1.54) is 11.8 Å². The lowest BCUT2D eigenvalue weighted by Crippen LogP contribution is -2.41. The van der Waals surface area contributed by atoms with Crippen LogP contribution in [-0.2, 0) is 4.79 Å². The van der Waals surface area contributed by atoms with Crippen molar-refractivity contribution in [2.24, 2.45) is 5.92 Å². The molecule has 20 heavy (non-hydrogen) atoms. The maximum absolute atomic E-state index is 12.4. The van der Waals surface area contributed by atoms with Gasteiger partial charge in [0.25, 0.3) is 0 Å². The summed E-state index contributed by atoms with van der Waals surface area (Å²) in [5.41, 5.74) is 6.53. The van der Waals surface area contributed by atoms with Crippen molar-refractivity contribution in [1.82, 2.24) is 14.9 Å². The van der Waals surface area contributed by atoms with Crippen molar-refractivity contribution in [1.29, 1.82) is 0 Å². The van der Waals surface area contributed by atoms with Crippen LogP contribution < -0.4 is 5.73 Å². The van der Waals surface area contributed by atoms with Gasteiger partial charge in [0.05, 0.1) is 5.25 Å². The Balaban J connectivity index is 1.97. The molecule has 1 aliphatic rings. The van der Waals surface area contributed by atoms with Gasteiger partial charge in [0, 0.05) is 24.8 Å². The van der Waals surface area contributed by atoms with Crippen LogP contribution >= 0.6 is 11.8 Å². The summed E-state index contributed by atoms with van der Waals surface area (Å²) < 4.78 is 0. The van der Waals surface area contributed by atoms with Crippen LogP contribution in [0.3, 0.4) is 0 Å². The standard InChI is InChI=1S/C14H22N4OS/c1-9-4-6-18(7-5-9)13(19)11(3)20-14-16-10(2)8-12(15)17-14/h8-9,11H,4-7H2,1-3H3,(H2,15,16,17). The molecule has 0 spiro atoms. The number of aryl methyl sites for hydroxylation is 1. The van der Waals surface area contributed by atoms with Crippen LogP contribution in [0.15, 0.2) is 11.2 Å². The van der Waals surface area contributed by atoms with Gasteiger partial charge in [-0.1, -0.05) is 18.7 Å². The molecule has 1 atom stereocenters. The second-order valence-electron chi connectivity index (χ2n) is 5.48. The number of thioether (sulfide) groups is 1. The third kappa shape index (κ3) is 3.85. The minimum atomic E-state index is -0.176. The lowest BCUT2D eigenvalue weighted by molar-refractivity contribution is -0.131. The molecule has 1 aliphatic heterocycles. The Hall–Kier alpha value is -1.30. The summed E-state index contributed by atoms with van der Waals surface area (Å²) in [5, 5.41) is 0.401. The maximum atomic E-state index is 12.4. The van der Waals surface area contributed by atoms with Crippen molar-refractivity contribution >= 4 is 23.5 Å². The van der Waals surface area contributed by atoms with Crippen LogP contribution in [0.5, 0.6) is 0 Å². The van der Waals surface area contributed by atoms with Gasteiger partial charge in [0.1, 0.15) is 5.82 Å². The average molecular weight is 294 g/mol. The Kier molecular flexibility index (Phi) is 4.86. The van der Waals surface area contributed by atoms with E-state index in [-0.39, 0.29) is 11.2 Å². The first kappa shape index (κ1) is 15.1. The van der Waals surface area contributed by atoms with E-state index in [4.69, 9.17) is 5.73 Å². The molecule has 1 unspecified atom stereocenters. The molecule has 2 heterocycles. The fraction of sp³-hybridized carbons (Fsp3) is 0.643. The zero-order valence-electron chi connectivity index (χ0n) is 12.3. The molecule has 1 saturated heterocycles. The summed E-state index contributed by atoms with van der Waals surface area (Å²) in [6.07, 6.45) is 2.19. The second-order valence-corrected chi connectivity index (χ2v) is 6.79. The summed E-state index contributed by atoms with van der Waals surface area (Å²) in [6.45, 7) is 7.75. The van der Waals surface area contributed by atoms with Crippen LogP contribution in [0.4, 0.5) is 5.82 Å². The molecule has 1 amide bonds. The zero-order valence-corrected chi connectivity index (χ0v) is 13.1. The van der Waals surface area contributed by atoms with Crippen LogP contribution in [0.1, 0.15) is 32.4 Å². The van der Waals surface area contributed by atoms with E-state index in [9.17, 15) is 4.79 Å². The number of likely N-dealkylation sites (tertiary alicyclic amines) is 1. The number of carbonyl (C=O) groups excluding carboxylic acids is 1. The van der Waals surface area contributed by atoms with Gasteiger partial charge in [-0.2, -0.15) is 0 Å². The Bertz CT molecular complexity index is 466. The summed E-state index contributed by atoms with van der Waals surface area (Å²) in [7, 11) is 0. The molecule has 2 rings (SSSR count). The smallest absolute Gasteiger partial charge is 0.235 e. The summed E-state index contributed by atoms with van der Waals surface area (Å²) >= 11 is 1.38. The van der Waals surface area contributed by atoms with Crippen LogP contribution in [-0.4, -0.2) is 39.1 Å². The van der Waals surface area contributed by atoms with Crippen molar-refractivity contribution in [3.05, 3.63) is 11.8 Å². The molecule has 0 aliphatic carbocycles. The molecule has 110 valence electrons. The number of hydrogen-bond donors (Lipinski definition) is 1. The molecule has 5 nitrogen and oxygen atoms in total. The van der Waals surface area contributed by atoms with Gasteiger partial charge in [-0.25, -0.2) is 9.97 Å². The predicted molar refractivity (Wildman–Crippen MR) is 81.5 cm³/mol. The maximum Gasteiger partial charge on any atom is 0.235 e. The largest absolute Gasteiger partial charge is 0.384 e. The number of piperidine rings is 1. The molecule has 1 aromatic heterocycles. The second kappa shape index (κ2) is 6.43. The van der Waals surface area contributed by atoms with Crippen molar-refractivity contribution < 1.29 is 4.79 Å². The number of rotatable bonds is 3. The Labute approximate surface area is 124 Å². The van der Waals surface area contributed by atoms with E-state index < -0.39 is 0 Å². The topological polar surface area (TPSA) is 72.1 Å². The Morgan fingerprint density at radius 1 is 1.45 bits per heavy atom. The summed E-state index contributed by atoms with van der Waals surface area (Å²) in [6, 6.07) is 1.72. The van der Waals surface area contributed by atoms with Gasteiger partial charge in [-0.3, -0.25) is 4.79 Å². The quantitative estimate of drug-likeness (QED) is 0.683. The number of nitrogens with two attached hydrogens (primary N) is 1. The zero-order chi connectivity index (χ0) is 14.7. The van der Waals surface area contributed by atoms with Gasteiger partial charge in [0.2, 0.25) is 5.91 Å². The number of carbonyl (C=O) groups is 1. The molecule has 0 radical (unpaired) electrons. The van der Waals surface area contributed by atoms with Gasteiger partial charge < -0.3 is 10.6 Å². The van der Waals surface area contributed by atoms with Gasteiger partial charge in [-0.15, -0.1) is 0 Å². The van der Waals surface area contributed by atoms with Crippen molar-refractivity contribution in [3.8, 4) is 0 Å². The number of anilines is 1. The molecular formula is C14H22N4OS.